The first-order valence-corrected chi connectivity index (χ1v) is 13.1. The average Bonchev–Trinajstić information content (AvgIpc) is 3.54. The number of ether oxygens (including phenoxy) is 1. The van der Waals surface area contributed by atoms with Crippen LogP contribution in [0, 0.1) is 13.8 Å². The number of carbonyl (C=O) groups excluding carboxylic acids is 1. The molecule has 2 heterocycles. The van der Waals surface area contributed by atoms with Gasteiger partial charge in [-0.15, -0.1) is 18.3 Å². The molecule has 0 aliphatic carbocycles. The van der Waals surface area contributed by atoms with Gasteiger partial charge >= 0.3 is 6.36 Å². The summed E-state index contributed by atoms with van der Waals surface area (Å²) in [5.41, 5.74) is 5.49. The molecule has 7 nitrogen and oxygen atoms in total. The van der Waals surface area contributed by atoms with Crippen molar-refractivity contribution in [1.82, 2.24) is 14.8 Å². The number of hydrogen-bond acceptors (Lipinski definition) is 5. The quantitative estimate of drug-likeness (QED) is 0.287. The summed E-state index contributed by atoms with van der Waals surface area (Å²) in [7, 11) is 0. The molecule has 0 bridgehead atoms. The number of aryl methyl sites for hydroxylation is 2. The number of aliphatic imine (C=N–C) groups is 1. The molecule has 1 amide bonds. The van der Waals surface area contributed by atoms with Crippen LogP contribution in [-0.4, -0.2) is 44.5 Å². The van der Waals surface area contributed by atoms with Crippen molar-refractivity contribution in [3.05, 3.63) is 89.7 Å². The van der Waals surface area contributed by atoms with E-state index in [4.69, 9.17) is 0 Å². The van der Waals surface area contributed by atoms with Crippen LogP contribution in [-0.2, 0) is 11.2 Å². The van der Waals surface area contributed by atoms with Crippen LogP contribution in [0.25, 0.3) is 17.1 Å². The number of thioether (sulfide) groups is 1. The highest BCUT2D eigenvalue weighted by atomic mass is 32.2. The molecule has 0 radical (unpaired) electrons. The number of anilines is 1. The molecule has 0 saturated carbocycles. The topological polar surface area (TPSA) is 72.6 Å². The Morgan fingerprint density at radius 2 is 1.72 bits per heavy atom. The predicted molar refractivity (Wildman–Crippen MR) is 145 cm³/mol. The molecule has 0 atom stereocenters. The average molecular weight is 552 g/mol. The van der Waals surface area contributed by atoms with Gasteiger partial charge in [-0.05, 0) is 54.8 Å². The number of aromatic nitrogens is 3. The second kappa shape index (κ2) is 10.9. The fourth-order valence-corrected chi connectivity index (χ4v) is 5.31. The summed E-state index contributed by atoms with van der Waals surface area (Å²) < 4.78 is 42.5. The van der Waals surface area contributed by atoms with Gasteiger partial charge in [0.25, 0.3) is 5.91 Å². The number of alkyl halides is 3. The molecule has 4 aromatic rings. The Bertz CT molecular complexity index is 1500. The van der Waals surface area contributed by atoms with Crippen LogP contribution in [0.1, 0.15) is 16.7 Å². The van der Waals surface area contributed by atoms with Crippen LogP contribution >= 0.6 is 11.8 Å². The Kier molecular flexibility index (Phi) is 7.42. The van der Waals surface area contributed by atoms with Gasteiger partial charge in [0.1, 0.15) is 12.1 Å². The first-order chi connectivity index (χ1) is 18.7. The molecule has 3 aromatic carbocycles. The monoisotopic (exact) mass is 551 g/mol. The van der Waals surface area contributed by atoms with Gasteiger partial charge in [-0.3, -0.25) is 4.79 Å². The minimum Gasteiger partial charge on any atom is -0.406 e. The summed E-state index contributed by atoms with van der Waals surface area (Å²) in [6, 6.07) is 18.8. The van der Waals surface area contributed by atoms with E-state index in [-0.39, 0.29) is 18.1 Å². The van der Waals surface area contributed by atoms with Crippen molar-refractivity contribution in [2.75, 3.05) is 17.2 Å². The van der Waals surface area contributed by atoms with Crippen molar-refractivity contribution < 1.29 is 22.7 Å². The summed E-state index contributed by atoms with van der Waals surface area (Å²) in [6.45, 7) is 4.93. The summed E-state index contributed by atoms with van der Waals surface area (Å²) >= 11 is 1.58. The first kappa shape index (κ1) is 26.5. The SMILES string of the molecule is Cc1cccc(C)c1N1CCSC1=NC(=O)Cc1ccc(-c2ncn(-c3ccc(OC(F)(F)F)cc3)n2)cc1. The van der Waals surface area contributed by atoms with E-state index >= 15 is 0 Å². The summed E-state index contributed by atoms with van der Waals surface area (Å²) in [5.74, 6) is 0.783. The van der Waals surface area contributed by atoms with Gasteiger partial charge in [0, 0.05) is 23.5 Å². The van der Waals surface area contributed by atoms with E-state index in [2.05, 4.69) is 50.7 Å². The maximum atomic E-state index is 12.8. The number of carbonyl (C=O) groups is 1. The van der Waals surface area contributed by atoms with E-state index < -0.39 is 6.36 Å². The molecule has 0 N–H and O–H groups in total. The van der Waals surface area contributed by atoms with Crippen molar-refractivity contribution >= 4 is 28.5 Å². The normalized spacial score (nSPS) is 14.7. The minimum atomic E-state index is -4.75. The minimum absolute atomic E-state index is 0.166. The Labute approximate surface area is 227 Å². The van der Waals surface area contributed by atoms with Crippen molar-refractivity contribution in [1.29, 1.82) is 0 Å². The molecule has 1 aromatic heterocycles. The highest BCUT2D eigenvalue weighted by molar-refractivity contribution is 8.14. The fraction of sp³-hybridized carbons (Fsp3) is 0.214. The van der Waals surface area contributed by atoms with E-state index in [0.29, 0.717) is 11.5 Å². The molecule has 1 fully saturated rings. The lowest BCUT2D eigenvalue weighted by atomic mass is 10.1. The molecule has 0 unspecified atom stereocenters. The molecule has 1 saturated heterocycles. The molecule has 5 rings (SSSR count). The van der Waals surface area contributed by atoms with Gasteiger partial charge in [0.2, 0.25) is 0 Å². The Morgan fingerprint density at radius 1 is 1.03 bits per heavy atom. The van der Waals surface area contributed by atoms with Crippen LogP contribution in [0.15, 0.2) is 78.0 Å². The number of rotatable bonds is 6. The van der Waals surface area contributed by atoms with Crippen molar-refractivity contribution in [3.63, 3.8) is 0 Å². The molecular weight excluding hydrogens is 527 g/mol. The zero-order chi connectivity index (χ0) is 27.6. The number of para-hydroxylation sites is 1. The van der Waals surface area contributed by atoms with Crippen molar-refractivity contribution in [2.45, 2.75) is 26.6 Å². The van der Waals surface area contributed by atoms with E-state index in [0.717, 1.165) is 45.4 Å². The molecule has 200 valence electrons. The second-order valence-corrected chi connectivity index (χ2v) is 10.0. The third kappa shape index (κ3) is 6.31. The highest BCUT2D eigenvalue weighted by Crippen LogP contribution is 2.31. The second-order valence-electron chi connectivity index (χ2n) is 8.96. The fourth-order valence-electron chi connectivity index (χ4n) is 4.35. The Morgan fingerprint density at radius 3 is 2.38 bits per heavy atom. The van der Waals surface area contributed by atoms with Gasteiger partial charge in [0.15, 0.2) is 11.0 Å². The van der Waals surface area contributed by atoms with E-state index in [9.17, 15) is 18.0 Å². The molecule has 1 aliphatic rings. The lowest BCUT2D eigenvalue weighted by molar-refractivity contribution is -0.274. The van der Waals surface area contributed by atoms with Crippen LogP contribution in [0.5, 0.6) is 5.75 Å². The predicted octanol–water partition coefficient (Wildman–Crippen LogP) is 6.13. The van der Waals surface area contributed by atoms with Gasteiger partial charge in [-0.2, -0.15) is 4.99 Å². The van der Waals surface area contributed by atoms with E-state index in [1.807, 2.05) is 30.3 Å². The summed E-state index contributed by atoms with van der Waals surface area (Å²) in [5, 5.41) is 5.13. The van der Waals surface area contributed by atoms with Gasteiger partial charge in [-0.1, -0.05) is 54.2 Å². The number of benzene rings is 3. The van der Waals surface area contributed by atoms with Gasteiger partial charge in [0.05, 0.1) is 12.1 Å². The third-order valence-corrected chi connectivity index (χ3v) is 7.06. The number of halogens is 3. The van der Waals surface area contributed by atoms with Crippen LogP contribution in [0.2, 0.25) is 0 Å². The van der Waals surface area contributed by atoms with Crippen molar-refractivity contribution in [2.24, 2.45) is 4.99 Å². The first-order valence-electron chi connectivity index (χ1n) is 12.1. The van der Waals surface area contributed by atoms with E-state index in [1.54, 1.807) is 11.8 Å². The van der Waals surface area contributed by atoms with Crippen LogP contribution < -0.4 is 9.64 Å². The third-order valence-electron chi connectivity index (χ3n) is 6.10. The smallest absolute Gasteiger partial charge is 0.406 e. The molecule has 1 aliphatic heterocycles. The Balaban J connectivity index is 1.24. The highest BCUT2D eigenvalue weighted by Gasteiger charge is 2.31. The standard InChI is InChI=1S/C28H24F3N5O2S/c1-18-4-3-5-19(2)25(18)35-14-15-39-27(35)33-24(37)16-20-6-8-21(9-7-20)26-32-17-36(34-26)22-10-12-23(13-11-22)38-28(29,30)31/h3-13,17H,14-16H2,1-2H3. The molecule has 0 spiro atoms. The van der Waals surface area contributed by atoms with Gasteiger partial charge in [-0.25, -0.2) is 9.67 Å². The van der Waals surface area contributed by atoms with E-state index in [1.165, 1.54) is 35.3 Å². The number of nitrogens with zero attached hydrogens (tertiary/aromatic N) is 5. The number of amides is 1. The molecule has 11 heteroatoms. The zero-order valence-electron chi connectivity index (χ0n) is 21.1. The van der Waals surface area contributed by atoms with Gasteiger partial charge < -0.3 is 9.64 Å². The molecule has 39 heavy (non-hydrogen) atoms. The summed E-state index contributed by atoms with van der Waals surface area (Å²) in [6.07, 6.45) is -3.11. The maximum Gasteiger partial charge on any atom is 0.573 e. The summed E-state index contributed by atoms with van der Waals surface area (Å²) in [4.78, 5) is 23.6. The number of hydrogen-bond donors (Lipinski definition) is 0. The number of amidine groups is 1. The lowest BCUT2D eigenvalue weighted by Gasteiger charge is -2.22. The molecular formula is C28H24F3N5O2S. The largest absolute Gasteiger partial charge is 0.573 e. The Hall–Kier alpha value is -4.12. The maximum absolute atomic E-state index is 12.8. The zero-order valence-corrected chi connectivity index (χ0v) is 22.0. The lowest BCUT2D eigenvalue weighted by Crippen LogP contribution is -2.26. The van der Waals surface area contributed by atoms with Crippen LogP contribution in [0.4, 0.5) is 18.9 Å². The van der Waals surface area contributed by atoms with Crippen molar-refractivity contribution in [3.8, 4) is 22.8 Å². The van der Waals surface area contributed by atoms with Crippen LogP contribution in [0.3, 0.4) is 0 Å².